The lowest BCUT2D eigenvalue weighted by Gasteiger charge is -2.51. The molecule has 4 atom stereocenters. The van der Waals surface area contributed by atoms with E-state index in [0.717, 1.165) is 31.5 Å². The molecular weight excluding hydrogens is 597 g/mol. The highest BCUT2D eigenvalue weighted by Crippen LogP contribution is 2.45. The molecule has 2 aromatic heterocycles. The number of nitrogens with one attached hydrogen (secondary N) is 1. The van der Waals surface area contributed by atoms with Gasteiger partial charge in [0.25, 0.3) is 0 Å². The van der Waals surface area contributed by atoms with E-state index < -0.39 is 23.6 Å². The van der Waals surface area contributed by atoms with E-state index in [0.29, 0.717) is 48.0 Å². The number of nitrogens with zero attached hydrogens (tertiary/aromatic N) is 5. The number of ether oxygens (including phenoxy) is 3. The molecule has 1 aromatic carbocycles. The van der Waals surface area contributed by atoms with Crippen LogP contribution in [0.15, 0.2) is 48.9 Å². The van der Waals surface area contributed by atoms with Crippen molar-refractivity contribution < 1.29 is 32.2 Å². The number of amides is 2. The topological polar surface area (TPSA) is 102 Å². The van der Waals surface area contributed by atoms with Gasteiger partial charge in [-0.1, -0.05) is 12.1 Å². The number of pyridine rings is 1. The van der Waals surface area contributed by atoms with Crippen LogP contribution in [0.3, 0.4) is 0 Å². The Bertz CT molecular complexity index is 1580. The number of benzene rings is 1. The summed E-state index contributed by atoms with van der Waals surface area (Å²) in [4.78, 5) is 30.8. The SMILES string of the molecule is CC1(C)OCC2SC(COc3cncc(NC(=O)N4c5nc(-c6cccc(C(F)(F)F)c6)ncc5N5CCCC4C5)c3)C2O1. The number of hydrogen-bond donors (Lipinski definition) is 1. The summed E-state index contributed by atoms with van der Waals surface area (Å²) in [5.41, 5.74) is 0.535. The summed E-state index contributed by atoms with van der Waals surface area (Å²) >= 11 is 1.77. The minimum atomic E-state index is -4.50. The van der Waals surface area contributed by atoms with Crippen molar-refractivity contribution in [1.29, 1.82) is 0 Å². The van der Waals surface area contributed by atoms with Crippen LogP contribution in [0.5, 0.6) is 5.75 Å². The van der Waals surface area contributed by atoms with Crippen LogP contribution in [0.4, 0.5) is 35.2 Å². The number of thioether (sulfide) groups is 1. The Morgan fingerprint density at radius 2 is 2.09 bits per heavy atom. The Morgan fingerprint density at radius 3 is 2.93 bits per heavy atom. The number of urea groups is 1. The molecule has 0 radical (unpaired) electrons. The number of rotatable bonds is 5. The van der Waals surface area contributed by atoms with E-state index >= 15 is 0 Å². The highest BCUT2D eigenvalue weighted by Gasteiger charge is 2.50. The van der Waals surface area contributed by atoms with E-state index in [1.54, 1.807) is 35.1 Å². The number of carbonyl (C=O) groups is 1. The van der Waals surface area contributed by atoms with Crippen LogP contribution >= 0.6 is 11.8 Å². The molecule has 44 heavy (non-hydrogen) atoms. The third kappa shape index (κ3) is 5.66. The van der Waals surface area contributed by atoms with Crippen molar-refractivity contribution in [2.24, 2.45) is 0 Å². The van der Waals surface area contributed by atoms with Crippen molar-refractivity contribution >= 4 is 35.0 Å². The molecule has 2 bridgehead atoms. The average Bonchev–Trinajstić information content (AvgIpc) is 2.98. The van der Waals surface area contributed by atoms with Crippen molar-refractivity contribution in [3.05, 3.63) is 54.5 Å². The Morgan fingerprint density at radius 1 is 1.23 bits per heavy atom. The molecular formula is C30H31F3N6O4S. The predicted molar refractivity (Wildman–Crippen MR) is 159 cm³/mol. The molecule has 6 heterocycles. The molecule has 3 aromatic rings. The molecule has 0 aliphatic carbocycles. The van der Waals surface area contributed by atoms with Crippen LogP contribution in [0, 0.1) is 0 Å². The summed E-state index contributed by atoms with van der Waals surface area (Å²) in [6, 6.07) is 6.01. The lowest BCUT2D eigenvalue weighted by Crippen LogP contribution is -2.59. The Kier molecular flexibility index (Phi) is 7.33. The van der Waals surface area contributed by atoms with Crippen LogP contribution in [0.1, 0.15) is 32.3 Å². The van der Waals surface area contributed by atoms with Gasteiger partial charge in [-0.25, -0.2) is 14.8 Å². The Labute approximate surface area is 256 Å². The van der Waals surface area contributed by atoms with Crippen molar-refractivity contribution in [3.63, 3.8) is 0 Å². The third-order valence-electron chi connectivity index (χ3n) is 8.22. The van der Waals surface area contributed by atoms with Gasteiger partial charge in [-0.15, -0.1) is 11.8 Å². The standard InChI is InChI=1S/C30H31F3N6O4S/c1-29(2)42-16-24-25(43-29)23(44-24)15-41-21-10-19(11-34-12-21)36-28(40)39-20-7-4-8-38(14-20)22-13-35-26(37-27(22)39)17-5-3-6-18(9-17)30(31,32)33/h3,5-6,9-13,20,23-25H,4,7-8,14-16H2,1-2H3,(H,36,40). The summed E-state index contributed by atoms with van der Waals surface area (Å²) in [7, 11) is 0. The quantitative estimate of drug-likeness (QED) is 0.387. The maximum Gasteiger partial charge on any atom is 0.416 e. The van der Waals surface area contributed by atoms with E-state index in [1.807, 2.05) is 13.8 Å². The molecule has 2 amide bonds. The number of carbonyl (C=O) groups excluding carboxylic acids is 1. The molecule has 7 rings (SSSR count). The molecule has 3 saturated heterocycles. The van der Waals surface area contributed by atoms with Crippen LogP contribution in [0.2, 0.25) is 0 Å². The number of halogens is 3. The minimum absolute atomic E-state index is 0.0524. The fraction of sp³-hybridized carbons (Fsp3) is 0.467. The van der Waals surface area contributed by atoms with E-state index in [-0.39, 0.29) is 28.8 Å². The molecule has 232 valence electrons. The number of anilines is 3. The van der Waals surface area contributed by atoms with Gasteiger partial charge >= 0.3 is 12.2 Å². The third-order valence-corrected chi connectivity index (χ3v) is 9.73. The smallest absolute Gasteiger partial charge is 0.416 e. The zero-order valence-electron chi connectivity index (χ0n) is 24.1. The first kappa shape index (κ1) is 29.1. The number of alkyl halides is 3. The van der Waals surface area contributed by atoms with E-state index in [1.165, 1.54) is 18.3 Å². The average molecular weight is 629 g/mol. The van der Waals surface area contributed by atoms with Crippen molar-refractivity contribution in [2.75, 3.05) is 41.4 Å². The maximum atomic E-state index is 13.8. The number of hydrogen-bond acceptors (Lipinski definition) is 9. The fourth-order valence-electron chi connectivity index (χ4n) is 6.08. The largest absolute Gasteiger partial charge is 0.491 e. The molecule has 1 N–H and O–H groups in total. The number of piperidine rings is 1. The second kappa shape index (κ2) is 11.1. The van der Waals surface area contributed by atoms with Gasteiger partial charge in [0, 0.05) is 24.7 Å². The number of fused-ring (bicyclic) bond motifs is 5. The zero-order valence-corrected chi connectivity index (χ0v) is 24.9. The molecule has 4 unspecified atom stereocenters. The second-order valence-corrected chi connectivity index (χ2v) is 13.2. The molecule has 10 nitrogen and oxygen atoms in total. The van der Waals surface area contributed by atoms with Crippen molar-refractivity contribution in [2.45, 2.75) is 61.3 Å². The van der Waals surface area contributed by atoms with Gasteiger partial charge in [-0.2, -0.15) is 13.2 Å². The monoisotopic (exact) mass is 628 g/mol. The van der Waals surface area contributed by atoms with Gasteiger partial charge in [0.1, 0.15) is 12.4 Å². The van der Waals surface area contributed by atoms with Gasteiger partial charge in [0.2, 0.25) is 0 Å². The van der Waals surface area contributed by atoms with Crippen molar-refractivity contribution in [3.8, 4) is 17.1 Å². The van der Waals surface area contributed by atoms with Crippen LogP contribution in [-0.2, 0) is 15.7 Å². The van der Waals surface area contributed by atoms with E-state index in [2.05, 4.69) is 25.2 Å². The first-order chi connectivity index (χ1) is 21.0. The fourth-order valence-corrected chi connectivity index (χ4v) is 7.35. The van der Waals surface area contributed by atoms with Crippen molar-refractivity contribution in [1.82, 2.24) is 15.0 Å². The molecule has 14 heteroatoms. The molecule has 0 saturated carbocycles. The van der Waals surface area contributed by atoms with Gasteiger partial charge in [-0.3, -0.25) is 9.88 Å². The number of aromatic nitrogens is 3. The van der Waals surface area contributed by atoms with Gasteiger partial charge in [0.15, 0.2) is 17.4 Å². The zero-order chi connectivity index (χ0) is 30.6. The highest BCUT2D eigenvalue weighted by atomic mass is 32.2. The highest BCUT2D eigenvalue weighted by molar-refractivity contribution is 8.02. The summed E-state index contributed by atoms with van der Waals surface area (Å²) < 4.78 is 58.0. The molecule has 3 fully saturated rings. The second-order valence-electron chi connectivity index (χ2n) is 11.7. The molecule has 4 aliphatic rings. The predicted octanol–water partition coefficient (Wildman–Crippen LogP) is 5.59. The Hall–Kier alpha value is -3.62. The summed E-state index contributed by atoms with van der Waals surface area (Å²) in [6.07, 6.45) is 1.91. The van der Waals surface area contributed by atoms with E-state index in [9.17, 15) is 18.0 Å². The first-order valence-electron chi connectivity index (χ1n) is 14.5. The lowest BCUT2D eigenvalue weighted by atomic mass is 10.0. The summed E-state index contributed by atoms with van der Waals surface area (Å²) in [6.45, 7) is 6.28. The van der Waals surface area contributed by atoms with Crippen LogP contribution in [0.25, 0.3) is 11.4 Å². The first-order valence-corrected chi connectivity index (χ1v) is 15.4. The molecule has 4 aliphatic heterocycles. The Balaban J connectivity index is 1.09. The summed E-state index contributed by atoms with van der Waals surface area (Å²) in [5.74, 6) is 0.360. The lowest BCUT2D eigenvalue weighted by molar-refractivity contribution is -0.275. The van der Waals surface area contributed by atoms with Crippen LogP contribution < -0.4 is 19.9 Å². The van der Waals surface area contributed by atoms with Gasteiger partial charge in [-0.05, 0) is 38.8 Å². The minimum Gasteiger partial charge on any atom is -0.491 e. The van der Waals surface area contributed by atoms with Gasteiger partial charge in [0.05, 0.1) is 64.8 Å². The normalized spacial score (nSPS) is 25.4. The molecule has 0 spiro atoms. The summed E-state index contributed by atoms with van der Waals surface area (Å²) in [5, 5.41) is 3.38. The maximum absolute atomic E-state index is 13.8. The van der Waals surface area contributed by atoms with E-state index in [4.69, 9.17) is 14.2 Å². The van der Waals surface area contributed by atoms with Crippen LogP contribution in [-0.4, -0.2) is 75.7 Å². The van der Waals surface area contributed by atoms with Gasteiger partial charge < -0.3 is 24.4 Å².